The van der Waals surface area contributed by atoms with Gasteiger partial charge in [0.15, 0.2) is 5.65 Å². The lowest BCUT2D eigenvalue weighted by Gasteiger charge is -2.09. The lowest BCUT2D eigenvalue weighted by molar-refractivity contribution is 0.102. The predicted octanol–water partition coefficient (Wildman–Crippen LogP) is 2.84. The zero-order valence-corrected chi connectivity index (χ0v) is 12.2. The summed E-state index contributed by atoms with van der Waals surface area (Å²) in [6.45, 7) is 3.84. The molecule has 21 heavy (non-hydrogen) atoms. The molecule has 0 aliphatic rings. The van der Waals surface area contributed by atoms with E-state index in [0.29, 0.717) is 11.2 Å². The highest BCUT2D eigenvalue weighted by atomic mass is 16.1. The number of hydrogen-bond donors (Lipinski definition) is 1. The van der Waals surface area contributed by atoms with Gasteiger partial charge in [0.05, 0.1) is 17.1 Å². The van der Waals surface area contributed by atoms with Gasteiger partial charge in [-0.3, -0.25) is 9.48 Å². The van der Waals surface area contributed by atoms with E-state index in [9.17, 15) is 4.79 Å². The topological polar surface area (TPSA) is 59.8 Å². The number of benzene rings is 1. The lowest BCUT2D eigenvalue weighted by Crippen LogP contribution is -2.13. The van der Waals surface area contributed by atoms with Crippen molar-refractivity contribution < 1.29 is 4.79 Å². The van der Waals surface area contributed by atoms with Gasteiger partial charge in [0.1, 0.15) is 0 Å². The lowest BCUT2D eigenvalue weighted by atomic mass is 10.1. The van der Waals surface area contributed by atoms with Crippen LogP contribution in [0.2, 0.25) is 0 Å². The van der Waals surface area contributed by atoms with Crippen LogP contribution >= 0.6 is 0 Å². The van der Waals surface area contributed by atoms with Crippen molar-refractivity contribution in [3.8, 4) is 0 Å². The number of aromatic nitrogens is 3. The van der Waals surface area contributed by atoms with Gasteiger partial charge in [-0.25, -0.2) is 4.98 Å². The largest absolute Gasteiger partial charge is 0.322 e. The Morgan fingerprint density at radius 2 is 2.00 bits per heavy atom. The Labute approximate surface area is 122 Å². The van der Waals surface area contributed by atoms with Crippen LogP contribution in [0.15, 0.2) is 36.5 Å². The SMILES string of the molecule is Cc1cc(C(=O)Nc2ccccc2C)c2cnn(C)c2n1. The Hall–Kier alpha value is -2.69. The van der Waals surface area contributed by atoms with Crippen LogP contribution in [0.1, 0.15) is 21.6 Å². The molecule has 1 N–H and O–H groups in total. The van der Waals surface area contributed by atoms with Crippen molar-refractivity contribution >= 4 is 22.6 Å². The van der Waals surface area contributed by atoms with Crippen LogP contribution < -0.4 is 5.32 Å². The minimum atomic E-state index is -0.146. The fourth-order valence-electron chi connectivity index (χ4n) is 2.33. The van der Waals surface area contributed by atoms with Gasteiger partial charge in [0.2, 0.25) is 0 Å². The van der Waals surface area contributed by atoms with Crippen LogP contribution in [0, 0.1) is 13.8 Å². The molecule has 106 valence electrons. The highest BCUT2D eigenvalue weighted by Gasteiger charge is 2.15. The molecule has 2 heterocycles. The van der Waals surface area contributed by atoms with Crippen LogP contribution in [-0.2, 0) is 7.05 Å². The molecule has 0 unspecified atom stereocenters. The van der Waals surface area contributed by atoms with Crippen LogP contribution in [0.4, 0.5) is 5.69 Å². The summed E-state index contributed by atoms with van der Waals surface area (Å²) >= 11 is 0. The molecule has 0 atom stereocenters. The summed E-state index contributed by atoms with van der Waals surface area (Å²) in [6.07, 6.45) is 1.68. The Balaban J connectivity index is 2.04. The maximum Gasteiger partial charge on any atom is 0.256 e. The van der Waals surface area contributed by atoms with Gasteiger partial charge >= 0.3 is 0 Å². The number of carbonyl (C=O) groups is 1. The van der Waals surface area contributed by atoms with E-state index >= 15 is 0 Å². The Morgan fingerprint density at radius 1 is 1.24 bits per heavy atom. The number of amides is 1. The second-order valence-corrected chi connectivity index (χ2v) is 5.09. The zero-order valence-electron chi connectivity index (χ0n) is 12.2. The number of carbonyl (C=O) groups excluding carboxylic acids is 1. The van der Waals surface area contributed by atoms with Crippen molar-refractivity contribution in [3.63, 3.8) is 0 Å². The summed E-state index contributed by atoms with van der Waals surface area (Å²) in [6, 6.07) is 9.49. The number of nitrogens with zero attached hydrogens (tertiary/aromatic N) is 3. The van der Waals surface area contributed by atoms with Gasteiger partial charge in [-0.05, 0) is 31.5 Å². The van der Waals surface area contributed by atoms with E-state index in [1.54, 1.807) is 16.9 Å². The summed E-state index contributed by atoms with van der Waals surface area (Å²) in [5.41, 5.74) is 3.94. The summed E-state index contributed by atoms with van der Waals surface area (Å²) in [5.74, 6) is -0.146. The van der Waals surface area contributed by atoms with E-state index < -0.39 is 0 Å². The fourth-order valence-corrected chi connectivity index (χ4v) is 2.33. The molecule has 1 aromatic carbocycles. The van der Waals surface area contributed by atoms with E-state index in [-0.39, 0.29) is 5.91 Å². The molecule has 0 aliphatic carbocycles. The van der Waals surface area contributed by atoms with E-state index in [0.717, 1.165) is 22.3 Å². The van der Waals surface area contributed by atoms with E-state index in [4.69, 9.17) is 0 Å². The molecule has 0 saturated carbocycles. The van der Waals surface area contributed by atoms with Crippen LogP contribution in [0.5, 0.6) is 0 Å². The quantitative estimate of drug-likeness (QED) is 0.785. The van der Waals surface area contributed by atoms with Crippen molar-refractivity contribution in [2.75, 3.05) is 5.32 Å². The first-order valence-electron chi connectivity index (χ1n) is 6.72. The molecule has 0 fully saturated rings. The second kappa shape index (κ2) is 5.01. The third kappa shape index (κ3) is 2.38. The van der Waals surface area contributed by atoms with Crippen LogP contribution in [0.25, 0.3) is 11.0 Å². The van der Waals surface area contributed by atoms with Gasteiger partial charge in [0.25, 0.3) is 5.91 Å². The molecule has 1 amide bonds. The van der Waals surface area contributed by atoms with Crippen LogP contribution in [0.3, 0.4) is 0 Å². The molecule has 0 spiro atoms. The summed E-state index contributed by atoms with van der Waals surface area (Å²) in [7, 11) is 1.82. The molecular formula is C16H16N4O. The first-order valence-corrected chi connectivity index (χ1v) is 6.72. The first kappa shape index (κ1) is 13.3. The third-order valence-corrected chi connectivity index (χ3v) is 3.47. The van der Waals surface area contributed by atoms with Gasteiger partial charge in [-0.2, -0.15) is 5.10 Å². The van der Waals surface area contributed by atoms with Gasteiger partial charge in [0, 0.05) is 18.4 Å². The number of anilines is 1. The number of para-hydroxylation sites is 1. The van der Waals surface area contributed by atoms with Gasteiger partial charge in [-0.1, -0.05) is 18.2 Å². The molecule has 5 nitrogen and oxygen atoms in total. The number of nitrogens with one attached hydrogen (secondary N) is 1. The highest BCUT2D eigenvalue weighted by molar-refractivity contribution is 6.12. The van der Waals surface area contributed by atoms with Crippen molar-refractivity contribution in [1.29, 1.82) is 0 Å². The minimum Gasteiger partial charge on any atom is -0.322 e. The van der Waals surface area contributed by atoms with E-state index in [2.05, 4.69) is 15.4 Å². The molecule has 2 aromatic heterocycles. The highest BCUT2D eigenvalue weighted by Crippen LogP contribution is 2.20. The number of aryl methyl sites for hydroxylation is 3. The average molecular weight is 280 g/mol. The number of fused-ring (bicyclic) bond motifs is 1. The monoisotopic (exact) mass is 280 g/mol. The van der Waals surface area contributed by atoms with Crippen molar-refractivity contribution in [2.45, 2.75) is 13.8 Å². The second-order valence-electron chi connectivity index (χ2n) is 5.09. The molecule has 3 rings (SSSR count). The third-order valence-electron chi connectivity index (χ3n) is 3.47. The van der Waals surface area contributed by atoms with Crippen molar-refractivity contribution in [2.24, 2.45) is 7.05 Å². The van der Waals surface area contributed by atoms with Crippen molar-refractivity contribution in [1.82, 2.24) is 14.8 Å². The number of hydrogen-bond acceptors (Lipinski definition) is 3. The number of rotatable bonds is 2. The van der Waals surface area contributed by atoms with Crippen LogP contribution in [-0.4, -0.2) is 20.7 Å². The predicted molar refractivity (Wildman–Crippen MR) is 82.4 cm³/mol. The van der Waals surface area contributed by atoms with E-state index in [1.807, 2.05) is 45.2 Å². The summed E-state index contributed by atoms with van der Waals surface area (Å²) < 4.78 is 1.67. The maximum absolute atomic E-state index is 12.6. The molecule has 5 heteroatoms. The molecule has 0 aliphatic heterocycles. The first-order chi connectivity index (χ1) is 10.1. The Bertz CT molecular complexity index is 835. The maximum atomic E-state index is 12.6. The van der Waals surface area contributed by atoms with E-state index in [1.165, 1.54) is 0 Å². The number of pyridine rings is 1. The van der Waals surface area contributed by atoms with Gasteiger partial charge in [-0.15, -0.1) is 0 Å². The molecule has 0 radical (unpaired) electrons. The Kier molecular flexibility index (Phi) is 3.17. The van der Waals surface area contributed by atoms with Crippen molar-refractivity contribution in [3.05, 3.63) is 53.3 Å². The summed E-state index contributed by atoms with van der Waals surface area (Å²) in [4.78, 5) is 17.0. The smallest absolute Gasteiger partial charge is 0.256 e. The Morgan fingerprint density at radius 3 is 2.76 bits per heavy atom. The summed E-state index contributed by atoms with van der Waals surface area (Å²) in [5, 5.41) is 7.89. The van der Waals surface area contributed by atoms with Gasteiger partial charge < -0.3 is 5.32 Å². The molecular weight excluding hydrogens is 264 g/mol. The zero-order chi connectivity index (χ0) is 15.0. The molecule has 0 saturated heterocycles. The molecule has 0 bridgehead atoms. The normalized spacial score (nSPS) is 10.8. The molecule has 3 aromatic rings. The average Bonchev–Trinajstić information content (AvgIpc) is 2.82. The fraction of sp³-hybridized carbons (Fsp3) is 0.188. The standard InChI is InChI=1S/C16H16N4O/c1-10-6-4-5-7-14(10)19-16(21)12-8-11(2)18-15-13(12)9-17-20(15)3/h4-9H,1-3H3,(H,19,21). The minimum absolute atomic E-state index is 0.146.